The minimum absolute atomic E-state index is 0.160. The van der Waals surface area contributed by atoms with Gasteiger partial charge in [-0.1, -0.05) is 23.3 Å². The molecule has 1 amide bonds. The van der Waals surface area contributed by atoms with Crippen LogP contribution in [0.25, 0.3) is 21.3 Å². The molecule has 2 aromatic rings. The highest BCUT2D eigenvalue weighted by atomic mass is 16.2. The third-order valence-corrected chi connectivity index (χ3v) is 4.02. The van der Waals surface area contributed by atoms with Crippen molar-refractivity contribution in [2.75, 3.05) is 19.6 Å². The maximum absolute atomic E-state index is 12.0. The zero-order chi connectivity index (χ0) is 14.7. The Morgan fingerprint density at radius 3 is 3.14 bits per heavy atom. The molecule has 6 nitrogen and oxygen atoms in total. The fraction of sp³-hybridized carbons (Fsp3) is 0.400. The number of aromatic amines is 1. The summed E-state index contributed by atoms with van der Waals surface area (Å²) < 4.78 is 0. The molecule has 1 fully saturated rings. The number of nitrogens with zero attached hydrogens (tertiary/aromatic N) is 4. The number of para-hydroxylation sites is 1. The van der Waals surface area contributed by atoms with Gasteiger partial charge in [-0.15, -0.1) is 0 Å². The summed E-state index contributed by atoms with van der Waals surface area (Å²) >= 11 is 0. The van der Waals surface area contributed by atoms with Crippen LogP contribution in [0, 0.1) is 5.92 Å². The summed E-state index contributed by atoms with van der Waals surface area (Å²) in [7, 11) is 0. The number of amides is 1. The zero-order valence-electron chi connectivity index (χ0n) is 11.7. The van der Waals surface area contributed by atoms with Crippen LogP contribution in [0.15, 0.2) is 35.6 Å². The molecular formula is C15H17N5O. The molecule has 1 N–H and O–H groups in total. The molecule has 1 saturated heterocycles. The highest BCUT2D eigenvalue weighted by Gasteiger charge is 2.28. The number of benzene rings is 1. The topological polar surface area (TPSA) is 84.9 Å². The van der Waals surface area contributed by atoms with E-state index in [4.69, 9.17) is 5.53 Å². The molecule has 2 heterocycles. The summed E-state index contributed by atoms with van der Waals surface area (Å²) in [4.78, 5) is 19.8. The predicted molar refractivity (Wildman–Crippen MR) is 80.7 cm³/mol. The second-order valence-corrected chi connectivity index (χ2v) is 5.43. The van der Waals surface area contributed by atoms with E-state index in [2.05, 4.69) is 27.1 Å². The average molecular weight is 283 g/mol. The highest BCUT2D eigenvalue weighted by molar-refractivity contribution is 5.83. The van der Waals surface area contributed by atoms with Gasteiger partial charge in [-0.3, -0.25) is 4.79 Å². The highest BCUT2D eigenvalue weighted by Crippen LogP contribution is 2.21. The standard InChI is InChI=1S/C15H17N5O/c16-19-18-8-11-7-15(21)20(10-11)6-5-12-9-17-14-4-2-1-3-13(12)14/h1-4,9,11,17H,5-8,10H2. The maximum Gasteiger partial charge on any atom is 0.222 e. The van der Waals surface area contributed by atoms with Crippen molar-refractivity contribution >= 4 is 16.8 Å². The molecule has 1 aliphatic heterocycles. The van der Waals surface area contributed by atoms with E-state index in [0.29, 0.717) is 26.1 Å². The first-order chi connectivity index (χ1) is 10.3. The van der Waals surface area contributed by atoms with Crippen LogP contribution >= 0.6 is 0 Å². The summed E-state index contributed by atoms with van der Waals surface area (Å²) in [5.74, 6) is 0.323. The van der Waals surface area contributed by atoms with Gasteiger partial charge in [0.05, 0.1) is 0 Å². The maximum atomic E-state index is 12.0. The number of hydrogen-bond donors (Lipinski definition) is 1. The Morgan fingerprint density at radius 1 is 1.43 bits per heavy atom. The van der Waals surface area contributed by atoms with Gasteiger partial charge in [0.1, 0.15) is 0 Å². The van der Waals surface area contributed by atoms with E-state index in [0.717, 1.165) is 11.9 Å². The van der Waals surface area contributed by atoms with E-state index in [1.54, 1.807) is 0 Å². The fourth-order valence-electron chi connectivity index (χ4n) is 2.94. The second-order valence-electron chi connectivity index (χ2n) is 5.43. The molecule has 108 valence electrons. The molecule has 0 spiro atoms. The Kier molecular flexibility index (Phi) is 3.79. The zero-order valence-corrected chi connectivity index (χ0v) is 11.7. The summed E-state index contributed by atoms with van der Waals surface area (Å²) in [6.07, 6.45) is 3.35. The van der Waals surface area contributed by atoms with Crippen molar-refractivity contribution in [3.8, 4) is 0 Å². The number of likely N-dealkylation sites (tertiary alicyclic amines) is 1. The minimum Gasteiger partial charge on any atom is -0.361 e. The second kappa shape index (κ2) is 5.89. The quantitative estimate of drug-likeness (QED) is 0.510. The van der Waals surface area contributed by atoms with E-state index in [1.807, 2.05) is 23.2 Å². The Morgan fingerprint density at radius 2 is 2.29 bits per heavy atom. The van der Waals surface area contributed by atoms with Crippen molar-refractivity contribution < 1.29 is 4.79 Å². The first-order valence-corrected chi connectivity index (χ1v) is 7.11. The Balaban J connectivity index is 1.62. The fourth-order valence-corrected chi connectivity index (χ4v) is 2.94. The number of H-pyrrole nitrogens is 1. The SMILES string of the molecule is [N-]=[N+]=NCC1CC(=O)N(CCc2c[nH]c3ccccc23)C1. The van der Waals surface area contributed by atoms with Crippen molar-refractivity contribution in [2.24, 2.45) is 11.0 Å². The predicted octanol–water partition coefficient (Wildman–Crippen LogP) is 2.87. The van der Waals surface area contributed by atoms with Gasteiger partial charge in [0.15, 0.2) is 0 Å². The first kappa shape index (κ1) is 13.5. The van der Waals surface area contributed by atoms with Crippen LogP contribution in [0.4, 0.5) is 0 Å². The number of hydrogen-bond acceptors (Lipinski definition) is 2. The van der Waals surface area contributed by atoms with Crippen LogP contribution < -0.4 is 0 Å². The average Bonchev–Trinajstić information content (AvgIpc) is 3.06. The first-order valence-electron chi connectivity index (χ1n) is 7.11. The lowest BCUT2D eigenvalue weighted by Crippen LogP contribution is -2.27. The molecule has 1 aromatic carbocycles. The Hall–Kier alpha value is -2.46. The molecule has 21 heavy (non-hydrogen) atoms. The van der Waals surface area contributed by atoms with Crippen LogP contribution in [-0.2, 0) is 11.2 Å². The van der Waals surface area contributed by atoms with Crippen LogP contribution in [0.3, 0.4) is 0 Å². The number of fused-ring (bicyclic) bond motifs is 1. The molecule has 0 bridgehead atoms. The molecule has 1 unspecified atom stereocenters. The molecule has 0 saturated carbocycles. The monoisotopic (exact) mass is 283 g/mol. The van der Waals surface area contributed by atoms with Gasteiger partial charge < -0.3 is 9.88 Å². The van der Waals surface area contributed by atoms with E-state index >= 15 is 0 Å². The molecule has 1 aromatic heterocycles. The number of nitrogens with one attached hydrogen (secondary N) is 1. The summed E-state index contributed by atoms with van der Waals surface area (Å²) in [6.45, 7) is 1.82. The molecule has 6 heteroatoms. The molecule has 0 radical (unpaired) electrons. The van der Waals surface area contributed by atoms with Gasteiger partial charge in [0, 0.05) is 48.1 Å². The number of carbonyl (C=O) groups excluding carboxylic acids is 1. The smallest absolute Gasteiger partial charge is 0.222 e. The Labute approximate surface area is 122 Å². The van der Waals surface area contributed by atoms with Crippen molar-refractivity contribution in [1.29, 1.82) is 0 Å². The van der Waals surface area contributed by atoms with E-state index in [1.165, 1.54) is 10.9 Å². The minimum atomic E-state index is 0.160. The van der Waals surface area contributed by atoms with Crippen LogP contribution in [0.2, 0.25) is 0 Å². The molecular weight excluding hydrogens is 266 g/mol. The van der Waals surface area contributed by atoms with Crippen LogP contribution in [0.1, 0.15) is 12.0 Å². The van der Waals surface area contributed by atoms with Gasteiger partial charge in [-0.05, 0) is 29.5 Å². The van der Waals surface area contributed by atoms with E-state index in [9.17, 15) is 4.79 Å². The lowest BCUT2D eigenvalue weighted by atomic mass is 10.1. The lowest BCUT2D eigenvalue weighted by Gasteiger charge is -2.15. The molecule has 3 rings (SSSR count). The summed E-state index contributed by atoms with van der Waals surface area (Å²) in [5.41, 5.74) is 10.7. The molecule has 1 aliphatic rings. The van der Waals surface area contributed by atoms with E-state index < -0.39 is 0 Å². The largest absolute Gasteiger partial charge is 0.361 e. The van der Waals surface area contributed by atoms with Gasteiger partial charge in [0.25, 0.3) is 0 Å². The third-order valence-electron chi connectivity index (χ3n) is 4.02. The van der Waals surface area contributed by atoms with Crippen molar-refractivity contribution in [1.82, 2.24) is 9.88 Å². The van der Waals surface area contributed by atoms with Crippen molar-refractivity contribution in [3.63, 3.8) is 0 Å². The number of rotatable bonds is 5. The molecule has 0 aliphatic carbocycles. The lowest BCUT2D eigenvalue weighted by molar-refractivity contribution is -0.127. The number of azide groups is 1. The number of aromatic nitrogens is 1. The van der Waals surface area contributed by atoms with Crippen LogP contribution in [0.5, 0.6) is 0 Å². The van der Waals surface area contributed by atoms with Gasteiger partial charge >= 0.3 is 0 Å². The summed E-state index contributed by atoms with van der Waals surface area (Å²) in [5, 5.41) is 4.79. The van der Waals surface area contributed by atoms with Crippen molar-refractivity contribution in [3.05, 3.63) is 46.5 Å². The Bertz CT molecular complexity index is 701. The van der Waals surface area contributed by atoms with Gasteiger partial charge in [-0.2, -0.15) is 0 Å². The molecule has 1 atom stereocenters. The van der Waals surface area contributed by atoms with Gasteiger partial charge in [0.2, 0.25) is 5.91 Å². The normalized spacial score (nSPS) is 18.2. The number of carbonyl (C=O) groups is 1. The van der Waals surface area contributed by atoms with Crippen LogP contribution in [-0.4, -0.2) is 35.4 Å². The summed E-state index contributed by atoms with van der Waals surface area (Å²) in [6, 6.07) is 8.18. The third kappa shape index (κ3) is 2.85. The van der Waals surface area contributed by atoms with Gasteiger partial charge in [-0.25, -0.2) is 0 Å². The van der Waals surface area contributed by atoms with E-state index in [-0.39, 0.29) is 11.8 Å². The van der Waals surface area contributed by atoms with Crippen molar-refractivity contribution in [2.45, 2.75) is 12.8 Å².